The molecule has 0 fully saturated rings. The number of hydrogen-bond donors (Lipinski definition) is 3. The quantitative estimate of drug-likeness (QED) is 0.578. The van der Waals surface area contributed by atoms with Crippen molar-refractivity contribution in [2.45, 2.75) is 11.8 Å². The largest absolute Gasteiger partial charge is 0.497 e. The molecule has 0 aromatic heterocycles. The number of hydrogen-bond acceptors (Lipinski definition) is 5. The van der Waals surface area contributed by atoms with Gasteiger partial charge in [-0.2, -0.15) is 8.42 Å². The molecule has 0 aliphatic heterocycles. The number of nitrogen functional groups attached to an aromatic ring is 2. The number of nitrogens with two attached hydrogens (primary N) is 2. The fourth-order valence-corrected chi connectivity index (χ4v) is 2.08. The number of methoxy groups -OCH3 is 1. The fourth-order valence-electron chi connectivity index (χ4n) is 1.45. The molecule has 0 aliphatic carbocycles. The molecule has 0 aliphatic rings. The van der Waals surface area contributed by atoms with E-state index in [-0.39, 0.29) is 10.6 Å². The molecule has 0 saturated heterocycles. The molecule has 21 heavy (non-hydrogen) atoms. The van der Waals surface area contributed by atoms with Gasteiger partial charge in [-0.1, -0.05) is 18.2 Å². The van der Waals surface area contributed by atoms with E-state index in [1.54, 1.807) is 0 Å². The van der Waals surface area contributed by atoms with Crippen LogP contribution in [0.5, 0.6) is 5.75 Å². The van der Waals surface area contributed by atoms with Crippen LogP contribution >= 0.6 is 0 Å². The highest BCUT2D eigenvalue weighted by atomic mass is 32.2. The van der Waals surface area contributed by atoms with Crippen molar-refractivity contribution in [3.05, 3.63) is 48.0 Å². The van der Waals surface area contributed by atoms with Crippen LogP contribution in [0.1, 0.15) is 5.56 Å². The summed E-state index contributed by atoms with van der Waals surface area (Å²) in [4.78, 5) is -0.341. The molecule has 2 aromatic carbocycles. The van der Waals surface area contributed by atoms with E-state index < -0.39 is 10.1 Å². The van der Waals surface area contributed by atoms with Gasteiger partial charge in [0.15, 0.2) is 0 Å². The Morgan fingerprint density at radius 2 is 1.67 bits per heavy atom. The minimum Gasteiger partial charge on any atom is -0.497 e. The zero-order valence-electron chi connectivity index (χ0n) is 11.8. The van der Waals surface area contributed by atoms with Crippen LogP contribution in [-0.2, 0) is 10.1 Å². The second kappa shape index (κ2) is 6.96. The average molecular weight is 310 g/mol. The van der Waals surface area contributed by atoms with Crippen LogP contribution in [0.4, 0.5) is 11.4 Å². The van der Waals surface area contributed by atoms with Crippen molar-refractivity contribution in [2.75, 3.05) is 18.6 Å². The second-order valence-electron chi connectivity index (χ2n) is 4.24. The van der Waals surface area contributed by atoms with Gasteiger partial charge in [-0.25, -0.2) is 0 Å². The highest BCUT2D eigenvalue weighted by Crippen LogP contribution is 2.23. The SMILES string of the molecule is COc1ccc(N)c(S(=O)(=O)O)c1.Cc1ccccc1N. The summed E-state index contributed by atoms with van der Waals surface area (Å²) in [5, 5.41) is 0. The first-order chi connectivity index (χ1) is 9.75. The zero-order valence-corrected chi connectivity index (χ0v) is 12.6. The van der Waals surface area contributed by atoms with Crippen molar-refractivity contribution in [2.24, 2.45) is 0 Å². The van der Waals surface area contributed by atoms with E-state index in [1.807, 2.05) is 31.2 Å². The van der Waals surface area contributed by atoms with Gasteiger partial charge in [0.1, 0.15) is 10.6 Å². The van der Waals surface area contributed by atoms with Crippen molar-refractivity contribution < 1.29 is 17.7 Å². The minimum absolute atomic E-state index is 0.0108. The van der Waals surface area contributed by atoms with Crippen LogP contribution in [-0.4, -0.2) is 20.1 Å². The van der Waals surface area contributed by atoms with E-state index >= 15 is 0 Å². The Labute approximate surface area is 124 Å². The lowest BCUT2D eigenvalue weighted by Gasteiger charge is -2.04. The molecule has 0 heterocycles. The molecule has 0 amide bonds. The molecule has 0 atom stereocenters. The van der Waals surface area contributed by atoms with Crippen LogP contribution < -0.4 is 16.2 Å². The molecule has 0 saturated carbocycles. The summed E-state index contributed by atoms with van der Waals surface area (Å²) in [6.45, 7) is 2.00. The first-order valence-electron chi connectivity index (χ1n) is 5.98. The summed E-state index contributed by atoms with van der Waals surface area (Å²) in [7, 11) is -2.88. The van der Waals surface area contributed by atoms with Crippen LogP contribution in [0.2, 0.25) is 0 Å². The third-order valence-electron chi connectivity index (χ3n) is 2.69. The van der Waals surface area contributed by atoms with Crippen LogP contribution in [0.3, 0.4) is 0 Å². The minimum atomic E-state index is -4.27. The lowest BCUT2D eigenvalue weighted by atomic mass is 10.2. The van der Waals surface area contributed by atoms with Crippen molar-refractivity contribution in [1.82, 2.24) is 0 Å². The predicted octanol–water partition coefficient (Wildman–Crippen LogP) is 2.10. The van der Waals surface area contributed by atoms with E-state index in [4.69, 9.17) is 20.8 Å². The van der Waals surface area contributed by atoms with Crippen molar-refractivity contribution in [3.63, 3.8) is 0 Å². The highest BCUT2D eigenvalue weighted by molar-refractivity contribution is 7.86. The van der Waals surface area contributed by atoms with Gasteiger partial charge in [-0.3, -0.25) is 4.55 Å². The molecule has 7 heteroatoms. The third kappa shape index (κ3) is 4.97. The first kappa shape index (κ1) is 16.8. The van der Waals surface area contributed by atoms with Crippen molar-refractivity contribution >= 4 is 21.5 Å². The molecular formula is C14H18N2O4S. The molecule has 0 spiro atoms. The molecule has 0 bridgehead atoms. The lowest BCUT2D eigenvalue weighted by Crippen LogP contribution is -2.03. The van der Waals surface area contributed by atoms with E-state index in [9.17, 15) is 8.42 Å². The number of ether oxygens (including phenoxy) is 1. The Balaban J connectivity index is 0.000000235. The third-order valence-corrected chi connectivity index (χ3v) is 3.60. The van der Waals surface area contributed by atoms with Gasteiger partial charge in [0.05, 0.1) is 12.8 Å². The summed E-state index contributed by atoms with van der Waals surface area (Å²) >= 11 is 0. The Hall–Kier alpha value is -2.25. The number of para-hydroxylation sites is 1. The standard InChI is InChI=1S/C7H9NO4S.C7H9N/c1-12-5-2-3-6(8)7(4-5)13(9,10)11;1-6-4-2-3-5-7(6)8/h2-4H,8H2,1H3,(H,9,10,11);2-5H,8H2,1H3. The Morgan fingerprint density at radius 1 is 1.05 bits per heavy atom. The zero-order chi connectivity index (χ0) is 16.0. The summed E-state index contributed by atoms with van der Waals surface area (Å²) in [6.07, 6.45) is 0. The van der Waals surface area contributed by atoms with Gasteiger partial charge in [-0.05, 0) is 30.7 Å². The van der Waals surface area contributed by atoms with Crippen molar-refractivity contribution in [3.8, 4) is 5.75 Å². The number of anilines is 2. The topological polar surface area (TPSA) is 116 Å². The van der Waals surface area contributed by atoms with Crippen LogP contribution in [0.25, 0.3) is 0 Å². The summed E-state index contributed by atoms with van der Waals surface area (Å²) < 4.78 is 35.0. The smallest absolute Gasteiger partial charge is 0.296 e. The van der Waals surface area contributed by atoms with Gasteiger partial charge in [-0.15, -0.1) is 0 Å². The summed E-state index contributed by atoms with van der Waals surface area (Å²) in [5.74, 6) is 0.321. The van der Waals surface area contributed by atoms with E-state index in [1.165, 1.54) is 19.2 Å². The van der Waals surface area contributed by atoms with Gasteiger partial charge < -0.3 is 16.2 Å². The maximum Gasteiger partial charge on any atom is 0.296 e. The van der Waals surface area contributed by atoms with Crippen LogP contribution in [0.15, 0.2) is 47.4 Å². The Bertz CT molecular complexity index is 694. The first-order valence-corrected chi connectivity index (χ1v) is 7.42. The van der Waals surface area contributed by atoms with Crippen molar-refractivity contribution in [1.29, 1.82) is 0 Å². The monoisotopic (exact) mass is 310 g/mol. The average Bonchev–Trinajstić information content (AvgIpc) is 2.42. The maximum absolute atomic E-state index is 10.7. The summed E-state index contributed by atoms with van der Waals surface area (Å²) in [5.41, 5.74) is 12.9. The normalized spacial score (nSPS) is 10.4. The number of rotatable bonds is 2. The number of aryl methyl sites for hydroxylation is 1. The lowest BCUT2D eigenvalue weighted by molar-refractivity contribution is 0.412. The van der Waals surface area contributed by atoms with Gasteiger partial charge in [0.25, 0.3) is 10.1 Å². The molecule has 5 N–H and O–H groups in total. The van der Waals surface area contributed by atoms with E-state index in [2.05, 4.69) is 0 Å². The molecular weight excluding hydrogens is 292 g/mol. The molecule has 114 valence electrons. The van der Waals surface area contributed by atoms with E-state index in [0.29, 0.717) is 5.75 Å². The Kier molecular flexibility index (Phi) is 5.57. The van der Waals surface area contributed by atoms with Crippen LogP contribution in [0, 0.1) is 6.92 Å². The molecule has 0 unspecified atom stereocenters. The van der Waals surface area contributed by atoms with Gasteiger partial charge >= 0.3 is 0 Å². The molecule has 2 aromatic rings. The Morgan fingerprint density at radius 3 is 2.10 bits per heavy atom. The summed E-state index contributed by atoms with van der Waals surface area (Å²) in [6, 6.07) is 11.8. The van der Waals surface area contributed by atoms with E-state index in [0.717, 1.165) is 17.3 Å². The molecule has 2 rings (SSSR count). The van der Waals surface area contributed by atoms with Gasteiger partial charge in [0.2, 0.25) is 0 Å². The highest BCUT2D eigenvalue weighted by Gasteiger charge is 2.14. The molecule has 6 nitrogen and oxygen atoms in total. The molecule has 0 radical (unpaired) electrons. The fraction of sp³-hybridized carbons (Fsp3) is 0.143. The predicted molar refractivity (Wildman–Crippen MR) is 82.8 cm³/mol. The van der Waals surface area contributed by atoms with Gasteiger partial charge in [0, 0.05) is 11.8 Å². The maximum atomic E-state index is 10.7. The number of benzene rings is 2. The second-order valence-corrected chi connectivity index (χ2v) is 5.63.